The number of methoxy groups -OCH3 is 3. The molecule has 0 atom stereocenters. The van der Waals surface area contributed by atoms with Gasteiger partial charge < -0.3 is 24.4 Å². The van der Waals surface area contributed by atoms with Crippen molar-refractivity contribution >= 4 is 18.3 Å². The number of benzene rings is 1. The van der Waals surface area contributed by atoms with E-state index in [2.05, 4.69) is 5.32 Å². The monoisotopic (exact) mass is 346 g/mol. The van der Waals surface area contributed by atoms with Gasteiger partial charge in [0.1, 0.15) is 0 Å². The molecule has 1 N–H and O–H groups in total. The molecule has 1 rings (SSSR count). The predicted octanol–water partition coefficient (Wildman–Crippen LogP) is 1.63. The van der Waals surface area contributed by atoms with Crippen LogP contribution in [0.3, 0.4) is 0 Å². The molecule has 0 aliphatic carbocycles. The molecule has 132 valence electrons. The summed E-state index contributed by atoms with van der Waals surface area (Å²) in [6.45, 7) is 4.06. The van der Waals surface area contributed by atoms with Gasteiger partial charge in [-0.05, 0) is 30.2 Å². The number of ether oxygens (including phenoxy) is 3. The molecule has 0 fully saturated rings. The SMILES string of the molecule is COCCNCC(=O)N(C)Cc1cc(OC)c(OC)cc1C.Cl. The zero-order valence-electron chi connectivity index (χ0n) is 14.5. The van der Waals surface area contributed by atoms with E-state index in [-0.39, 0.29) is 18.3 Å². The maximum absolute atomic E-state index is 12.1. The van der Waals surface area contributed by atoms with Crippen molar-refractivity contribution in [1.82, 2.24) is 10.2 Å². The highest BCUT2D eigenvalue weighted by molar-refractivity contribution is 5.85. The molecule has 1 aromatic carbocycles. The van der Waals surface area contributed by atoms with Crippen molar-refractivity contribution in [3.63, 3.8) is 0 Å². The Morgan fingerprint density at radius 3 is 2.35 bits per heavy atom. The average Bonchev–Trinajstić information content (AvgIpc) is 2.52. The summed E-state index contributed by atoms with van der Waals surface area (Å²) in [6, 6.07) is 3.83. The van der Waals surface area contributed by atoms with E-state index in [4.69, 9.17) is 14.2 Å². The van der Waals surface area contributed by atoms with Crippen LogP contribution in [0.2, 0.25) is 0 Å². The number of halogens is 1. The molecule has 0 heterocycles. The van der Waals surface area contributed by atoms with Crippen molar-refractivity contribution < 1.29 is 19.0 Å². The summed E-state index contributed by atoms with van der Waals surface area (Å²) in [7, 11) is 6.63. The second kappa shape index (κ2) is 11.1. The van der Waals surface area contributed by atoms with Crippen LogP contribution >= 0.6 is 12.4 Å². The number of hydrogen-bond donors (Lipinski definition) is 1. The number of amides is 1. The molecule has 0 spiro atoms. The van der Waals surface area contributed by atoms with Crippen molar-refractivity contribution in [3.05, 3.63) is 23.3 Å². The number of nitrogens with zero attached hydrogens (tertiary/aromatic N) is 1. The normalized spacial score (nSPS) is 9.96. The molecule has 0 aromatic heterocycles. The Kier molecular flexibility index (Phi) is 10.4. The molecule has 1 amide bonds. The van der Waals surface area contributed by atoms with Crippen molar-refractivity contribution in [1.29, 1.82) is 0 Å². The third-order valence-electron chi connectivity index (χ3n) is 3.43. The average molecular weight is 347 g/mol. The molecule has 0 bridgehead atoms. The topological polar surface area (TPSA) is 60.0 Å². The fraction of sp³-hybridized carbons (Fsp3) is 0.562. The van der Waals surface area contributed by atoms with E-state index in [1.165, 1.54) is 0 Å². The number of nitrogens with one attached hydrogen (secondary N) is 1. The van der Waals surface area contributed by atoms with Gasteiger partial charge in [-0.3, -0.25) is 4.79 Å². The summed E-state index contributed by atoms with van der Waals surface area (Å²) < 4.78 is 15.5. The van der Waals surface area contributed by atoms with Crippen LogP contribution in [0.25, 0.3) is 0 Å². The summed E-state index contributed by atoms with van der Waals surface area (Å²) in [5, 5.41) is 3.05. The van der Waals surface area contributed by atoms with Gasteiger partial charge >= 0.3 is 0 Å². The van der Waals surface area contributed by atoms with Gasteiger partial charge in [0.2, 0.25) is 5.91 Å². The first-order chi connectivity index (χ1) is 10.5. The molecule has 0 saturated heterocycles. The first-order valence-corrected chi connectivity index (χ1v) is 7.18. The third kappa shape index (κ3) is 6.64. The van der Waals surface area contributed by atoms with Crippen molar-refractivity contribution in [3.8, 4) is 11.5 Å². The van der Waals surface area contributed by atoms with Gasteiger partial charge in [0, 0.05) is 27.2 Å². The quantitative estimate of drug-likeness (QED) is 0.689. The Labute approximate surface area is 144 Å². The van der Waals surface area contributed by atoms with E-state index in [0.717, 1.165) is 11.1 Å². The highest BCUT2D eigenvalue weighted by Crippen LogP contribution is 2.30. The minimum absolute atomic E-state index is 0. The molecule has 0 saturated carbocycles. The second-order valence-electron chi connectivity index (χ2n) is 5.05. The Morgan fingerprint density at radius 1 is 1.17 bits per heavy atom. The zero-order valence-corrected chi connectivity index (χ0v) is 15.3. The summed E-state index contributed by atoms with van der Waals surface area (Å²) in [5.74, 6) is 1.39. The van der Waals surface area contributed by atoms with E-state index >= 15 is 0 Å². The van der Waals surface area contributed by atoms with Gasteiger partial charge in [-0.15, -0.1) is 12.4 Å². The highest BCUT2D eigenvalue weighted by Gasteiger charge is 2.13. The van der Waals surface area contributed by atoms with E-state index in [0.29, 0.717) is 37.7 Å². The van der Waals surface area contributed by atoms with Crippen LogP contribution in [-0.4, -0.2) is 58.9 Å². The second-order valence-corrected chi connectivity index (χ2v) is 5.05. The largest absolute Gasteiger partial charge is 0.493 e. The Balaban J connectivity index is 0.00000484. The highest BCUT2D eigenvalue weighted by atomic mass is 35.5. The lowest BCUT2D eigenvalue weighted by Crippen LogP contribution is -2.36. The number of aryl methyl sites for hydroxylation is 1. The zero-order chi connectivity index (χ0) is 16.5. The number of carbonyl (C=O) groups excluding carboxylic acids is 1. The molecular formula is C16H27ClN2O4. The van der Waals surface area contributed by atoms with E-state index < -0.39 is 0 Å². The first kappa shape index (κ1) is 21.5. The van der Waals surface area contributed by atoms with Gasteiger partial charge in [0.05, 0.1) is 27.4 Å². The number of carbonyl (C=O) groups is 1. The molecule has 0 aliphatic rings. The molecular weight excluding hydrogens is 320 g/mol. The number of hydrogen-bond acceptors (Lipinski definition) is 5. The van der Waals surface area contributed by atoms with Crippen LogP contribution in [0.5, 0.6) is 11.5 Å². The van der Waals surface area contributed by atoms with Crippen LogP contribution < -0.4 is 14.8 Å². The fourth-order valence-electron chi connectivity index (χ4n) is 2.04. The summed E-state index contributed by atoms with van der Waals surface area (Å²) in [6.07, 6.45) is 0. The lowest BCUT2D eigenvalue weighted by Gasteiger charge is -2.20. The minimum Gasteiger partial charge on any atom is -0.493 e. The van der Waals surface area contributed by atoms with Crippen LogP contribution in [-0.2, 0) is 16.1 Å². The minimum atomic E-state index is 0. The van der Waals surface area contributed by atoms with Crippen molar-refractivity contribution in [2.75, 3.05) is 48.1 Å². The number of rotatable bonds is 9. The van der Waals surface area contributed by atoms with Gasteiger partial charge in [-0.2, -0.15) is 0 Å². The van der Waals surface area contributed by atoms with E-state index in [1.54, 1.807) is 33.3 Å². The molecule has 1 aromatic rings. The van der Waals surface area contributed by atoms with Crippen LogP contribution in [0.4, 0.5) is 0 Å². The Hall–Kier alpha value is -1.50. The molecule has 0 radical (unpaired) electrons. The third-order valence-corrected chi connectivity index (χ3v) is 3.43. The van der Waals surface area contributed by atoms with Gasteiger partial charge in [-0.1, -0.05) is 0 Å². The van der Waals surface area contributed by atoms with Gasteiger partial charge in [-0.25, -0.2) is 0 Å². The Morgan fingerprint density at radius 2 is 1.78 bits per heavy atom. The van der Waals surface area contributed by atoms with Crippen molar-refractivity contribution in [2.24, 2.45) is 0 Å². The van der Waals surface area contributed by atoms with Crippen LogP contribution in [0.15, 0.2) is 12.1 Å². The van der Waals surface area contributed by atoms with Gasteiger partial charge in [0.15, 0.2) is 11.5 Å². The van der Waals surface area contributed by atoms with Gasteiger partial charge in [0.25, 0.3) is 0 Å². The maximum Gasteiger partial charge on any atom is 0.236 e. The van der Waals surface area contributed by atoms with E-state index in [1.807, 2.05) is 19.1 Å². The predicted molar refractivity (Wildman–Crippen MR) is 92.8 cm³/mol. The maximum atomic E-state index is 12.1. The molecule has 6 nitrogen and oxygen atoms in total. The van der Waals surface area contributed by atoms with E-state index in [9.17, 15) is 4.79 Å². The summed E-state index contributed by atoms with van der Waals surface area (Å²) in [4.78, 5) is 13.8. The van der Waals surface area contributed by atoms with Crippen molar-refractivity contribution in [2.45, 2.75) is 13.5 Å². The summed E-state index contributed by atoms with van der Waals surface area (Å²) in [5.41, 5.74) is 2.09. The Bertz CT molecular complexity index is 497. The van der Waals surface area contributed by atoms with Crippen LogP contribution in [0, 0.1) is 6.92 Å². The van der Waals surface area contributed by atoms with Crippen LogP contribution in [0.1, 0.15) is 11.1 Å². The molecule has 7 heteroatoms. The molecule has 23 heavy (non-hydrogen) atoms. The fourth-order valence-corrected chi connectivity index (χ4v) is 2.04. The molecule has 0 unspecified atom stereocenters. The summed E-state index contributed by atoms with van der Waals surface area (Å²) >= 11 is 0. The number of likely N-dealkylation sites (N-methyl/N-ethyl adjacent to an activating group) is 1. The lowest BCUT2D eigenvalue weighted by molar-refractivity contribution is -0.129. The lowest BCUT2D eigenvalue weighted by atomic mass is 10.1. The standard InChI is InChI=1S/C16H26N2O4.ClH/c1-12-8-14(21-4)15(22-5)9-13(12)11-18(2)16(19)10-17-6-7-20-3;/h8-9,17H,6-7,10-11H2,1-5H3;1H. The smallest absolute Gasteiger partial charge is 0.236 e. The molecule has 0 aliphatic heterocycles. The first-order valence-electron chi connectivity index (χ1n) is 7.18.